The number of hydrogen-bond acceptors (Lipinski definition) is 14. The van der Waals surface area contributed by atoms with E-state index in [9.17, 15) is 24.3 Å². The molecule has 12 rings (SSSR count). The van der Waals surface area contributed by atoms with Gasteiger partial charge in [-0.15, -0.1) is 23.5 Å². The number of carbonyl (C=O) groups excluding carboxylic acids is 9. The Bertz CT molecular complexity index is 5250. The van der Waals surface area contributed by atoms with Gasteiger partial charge in [0.25, 0.3) is 0 Å². The van der Waals surface area contributed by atoms with Gasteiger partial charge < -0.3 is 57.1 Å². The van der Waals surface area contributed by atoms with Crippen molar-refractivity contribution in [3.63, 3.8) is 0 Å². The molecule has 1 aliphatic carbocycles. The standard InChI is InChI=1S/C105H110N8O13S2/c1-69(2)64-87(107-94(116)86(62-63-92(115)126-102(6,7)8)111-101(124)125-66-85-83-60-38-36-58-81(83)82-59-37-39-61-84(82)85)95(117)109-90(68-128-105(78-52-30-15-31-53-78,79-54-32-16-33-55-79)80-56-34-17-35-57-80)98(120)110-89(67-127-104(75-46-24-12-25-47-75,76-48-26-13-27-49-76)77-50-28-14-29-51-77)97(119)108-88(96(118)112-93(70(3)4)99(121)106-71(5)100(122)123)65-91(114)113-103(72-40-18-9-19-41-72,73-42-20-10-21-43-73)74-44-22-11-23-45-74/h9-61,69-71,85-90,93H,62-68H2,1-8H3,(H,106,121)(H,107,116)(H,108,119)(H,109,117)(H,110,120)(H,111,124)(H,112,118)(H,113,114)(H,122,123)/t71-,86-,87-,88-,89-,90-,93-/m0/s1. The van der Waals surface area contributed by atoms with E-state index in [1.54, 1.807) is 34.6 Å². The predicted octanol–water partition coefficient (Wildman–Crippen LogP) is 15.7. The van der Waals surface area contributed by atoms with Crippen LogP contribution in [0.4, 0.5) is 4.79 Å². The van der Waals surface area contributed by atoms with Crippen LogP contribution in [0, 0.1) is 11.8 Å². The van der Waals surface area contributed by atoms with Crippen LogP contribution in [0.3, 0.4) is 0 Å². The molecule has 0 heterocycles. The molecule has 128 heavy (non-hydrogen) atoms. The summed E-state index contributed by atoms with van der Waals surface area (Å²) >= 11 is 2.61. The van der Waals surface area contributed by atoms with Crippen molar-refractivity contribution in [3.8, 4) is 11.1 Å². The molecule has 0 spiro atoms. The van der Waals surface area contributed by atoms with E-state index in [-0.39, 0.29) is 49.2 Å². The number of carboxylic acid groups (broad SMARTS) is 1. The molecule has 1 aliphatic rings. The summed E-state index contributed by atoms with van der Waals surface area (Å²) in [5.74, 6) is -10.3. The zero-order chi connectivity index (χ0) is 91.0. The van der Waals surface area contributed by atoms with Gasteiger partial charge in [-0.1, -0.05) is 349 Å². The third-order valence-corrected chi connectivity index (χ3v) is 25.9. The highest BCUT2D eigenvalue weighted by atomic mass is 32.2. The molecule has 21 nitrogen and oxygen atoms in total. The number of thioether (sulfide) groups is 2. The molecule has 660 valence electrons. The topological polar surface area (TPSA) is 306 Å². The van der Waals surface area contributed by atoms with E-state index in [4.69, 9.17) is 9.47 Å². The van der Waals surface area contributed by atoms with Crippen molar-refractivity contribution in [1.82, 2.24) is 42.5 Å². The number of fused-ring (bicyclic) bond motifs is 3. The van der Waals surface area contributed by atoms with E-state index < -0.39 is 135 Å². The van der Waals surface area contributed by atoms with Crippen molar-refractivity contribution in [1.29, 1.82) is 0 Å². The van der Waals surface area contributed by atoms with E-state index in [0.29, 0.717) is 16.7 Å². The lowest BCUT2D eigenvalue weighted by Crippen LogP contribution is -2.62. The number of rotatable bonds is 40. The maximum Gasteiger partial charge on any atom is 0.407 e. The Labute approximate surface area is 757 Å². The van der Waals surface area contributed by atoms with Crippen LogP contribution in [0.15, 0.2) is 322 Å². The highest BCUT2D eigenvalue weighted by molar-refractivity contribution is 8.01. The van der Waals surface area contributed by atoms with Gasteiger partial charge in [-0.05, 0) is 125 Å². The molecule has 9 N–H and O–H groups in total. The summed E-state index contributed by atoms with van der Waals surface area (Å²) in [7, 11) is 0. The number of nitrogens with one attached hydrogen (secondary N) is 8. The van der Waals surface area contributed by atoms with Crippen molar-refractivity contribution in [2.45, 2.75) is 150 Å². The second-order valence-corrected chi connectivity index (χ2v) is 36.1. The average molecular weight is 1760 g/mol. The zero-order valence-corrected chi connectivity index (χ0v) is 74.6. The first-order valence-corrected chi connectivity index (χ1v) is 45.1. The van der Waals surface area contributed by atoms with E-state index in [2.05, 4.69) is 42.5 Å². The highest BCUT2D eigenvalue weighted by Crippen LogP contribution is 2.51. The zero-order valence-electron chi connectivity index (χ0n) is 73.0. The lowest BCUT2D eigenvalue weighted by Gasteiger charge is -2.38. The van der Waals surface area contributed by atoms with Gasteiger partial charge in [0, 0.05) is 23.8 Å². The molecule has 0 saturated carbocycles. The molecule has 0 aromatic heterocycles. The first-order chi connectivity index (χ1) is 61.7. The smallest absolute Gasteiger partial charge is 0.407 e. The van der Waals surface area contributed by atoms with E-state index in [1.807, 2.05) is 335 Å². The minimum Gasteiger partial charge on any atom is -0.480 e. The Morgan fingerprint density at radius 2 is 0.688 bits per heavy atom. The third-order valence-electron chi connectivity index (χ3n) is 22.6. The molecule has 0 aliphatic heterocycles. The second kappa shape index (κ2) is 43.7. The summed E-state index contributed by atoms with van der Waals surface area (Å²) in [4.78, 5) is 152. The van der Waals surface area contributed by atoms with Gasteiger partial charge >= 0.3 is 18.0 Å². The van der Waals surface area contributed by atoms with Crippen molar-refractivity contribution < 1.29 is 62.5 Å². The van der Waals surface area contributed by atoms with Gasteiger partial charge in [0.2, 0.25) is 41.4 Å². The van der Waals surface area contributed by atoms with Crippen molar-refractivity contribution in [2.24, 2.45) is 11.8 Å². The Morgan fingerprint density at radius 3 is 1.04 bits per heavy atom. The molecule has 7 atom stereocenters. The number of ether oxygens (including phenoxy) is 2. The lowest BCUT2D eigenvalue weighted by molar-refractivity contribution is -0.155. The number of hydrogen-bond donors (Lipinski definition) is 9. The summed E-state index contributed by atoms with van der Waals surface area (Å²) in [6, 6.07) is 90.2. The predicted molar refractivity (Wildman–Crippen MR) is 502 cm³/mol. The molecule has 11 aromatic rings. The minimum atomic E-state index is -1.89. The molecule has 11 aromatic carbocycles. The quantitative estimate of drug-likeness (QED) is 0.0127. The molecule has 23 heteroatoms. The Morgan fingerprint density at radius 1 is 0.367 bits per heavy atom. The largest absolute Gasteiger partial charge is 0.480 e. The number of alkyl carbamates (subject to hydrolysis) is 1. The van der Waals surface area contributed by atoms with Crippen LogP contribution >= 0.6 is 23.5 Å². The minimum absolute atomic E-state index is 0.0366. The first-order valence-electron chi connectivity index (χ1n) is 43.2. The fourth-order valence-corrected chi connectivity index (χ4v) is 19.5. The number of aliphatic carboxylic acids is 1. The van der Waals surface area contributed by atoms with Gasteiger partial charge in [-0.25, -0.2) is 4.79 Å². The monoisotopic (exact) mass is 1750 g/mol. The van der Waals surface area contributed by atoms with Crippen LogP contribution in [0.5, 0.6) is 0 Å². The van der Waals surface area contributed by atoms with Gasteiger partial charge in [-0.2, -0.15) is 0 Å². The third kappa shape index (κ3) is 23.1. The number of carboxylic acids is 1. The summed E-state index contributed by atoms with van der Waals surface area (Å²) < 4.78 is 9.35. The Kier molecular flexibility index (Phi) is 32.0. The van der Waals surface area contributed by atoms with Gasteiger partial charge in [0.15, 0.2) is 0 Å². The van der Waals surface area contributed by atoms with E-state index in [0.717, 1.165) is 55.6 Å². The summed E-state index contributed by atoms with van der Waals surface area (Å²) in [5.41, 5.74) is 8.12. The summed E-state index contributed by atoms with van der Waals surface area (Å²) in [6.07, 6.45) is -2.46. The van der Waals surface area contributed by atoms with E-state index >= 15 is 28.8 Å². The van der Waals surface area contributed by atoms with Crippen molar-refractivity contribution in [2.75, 3.05) is 18.1 Å². The molecule has 0 radical (unpaired) electrons. The maximum absolute atomic E-state index is 16.9. The van der Waals surface area contributed by atoms with E-state index in [1.165, 1.54) is 30.4 Å². The Balaban J connectivity index is 0.967. The van der Waals surface area contributed by atoms with Crippen molar-refractivity contribution >= 4 is 82.9 Å². The number of carbonyl (C=O) groups is 10. The normalized spacial score (nSPS) is 13.7. The fourth-order valence-electron chi connectivity index (χ4n) is 16.4. The fraction of sp³-hybridized carbons (Fsp3) is 0.276. The lowest BCUT2D eigenvalue weighted by atomic mass is 9.77. The molecule has 8 amide bonds. The molecule has 0 bridgehead atoms. The van der Waals surface area contributed by atoms with Gasteiger partial charge in [-0.3, -0.25) is 43.2 Å². The van der Waals surface area contributed by atoms with Crippen LogP contribution in [0.2, 0.25) is 0 Å². The summed E-state index contributed by atoms with van der Waals surface area (Å²) in [6.45, 7) is 13.2. The number of benzene rings is 11. The average Bonchev–Trinajstić information content (AvgIpc) is 1.03. The van der Waals surface area contributed by atoms with Crippen LogP contribution in [-0.4, -0.2) is 130 Å². The van der Waals surface area contributed by atoms with Crippen LogP contribution < -0.4 is 42.5 Å². The highest BCUT2D eigenvalue weighted by Gasteiger charge is 2.45. The molecular formula is C105H110N8O13S2. The first kappa shape index (κ1) is 93.8. The maximum atomic E-state index is 16.9. The number of esters is 1. The SMILES string of the molecule is CC(C)C[C@H](NC(=O)[C@H](CCC(=O)OC(C)(C)C)NC(=O)OCC1c2ccccc2-c2ccccc21)C(=O)N[C@@H](CSC(c1ccccc1)(c1ccccc1)c1ccccc1)C(=O)N[C@@H](CSC(c1ccccc1)(c1ccccc1)c1ccccc1)C(=O)N[C@@H](CC(=O)NC(c1ccccc1)(c1ccccc1)c1ccccc1)C(=O)N[C@H](C(=O)N[C@@H](C)C(=O)O)C(C)C. The number of amides is 8. The molecule has 0 saturated heterocycles. The molecular weight excluding hydrogens is 1650 g/mol. The summed E-state index contributed by atoms with van der Waals surface area (Å²) in [5, 5.41) is 33.3. The van der Waals surface area contributed by atoms with Crippen molar-refractivity contribution in [3.05, 3.63) is 383 Å². The van der Waals surface area contributed by atoms with Crippen LogP contribution in [0.1, 0.15) is 148 Å². The molecule has 0 unspecified atom stereocenters. The van der Waals surface area contributed by atoms with Gasteiger partial charge in [0.05, 0.1) is 15.9 Å². The van der Waals surface area contributed by atoms with Gasteiger partial charge in [0.1, 0.15) is 60.0 Å². The van der Waals surface area contributed by atoms with Crippen LogP contribution in [0.25, 0.3) is 11.1 Å². The van der Waals surface area contributed by atoms with Crippen LogP contribution in [-0.2, 0) is 67.7 Å². The molecule has 0 fully saturated rings. The Hall–Kier alpha value is -13.4. The second-order valence-electron chi connectivity index (χ2n) is 33.6.